The zero-order valence-electron chi connectivity index (χ0n) is 13.4. The lowest BCUT2D eigenvalue weighted by atomic mass is 9.88. The fourth-order valence-corrected chi connectivity index (χ4v) is 3.29. The molecule has 122 valence electrons. The van der Waals surface area contributed by atoms with Crippen LogP contribution in [0.15, 0.2) is 29.1 Å². The summed E-state index contributed by atoms with van der Waals surface area (Å²) < 4.78 is 5.14. The van der Waals surface area contributed by atoms with Crippen LogP contribution >= 0.6 is 0 Å². The summed E-state index contributed by atoms with van der Waals surface area (Å²) in [6.07, 6.45) is 5.42. The molecule has 2 aromatic rings. The van der Waals surface area contributed by atoms with Gasteiger partial charge in [-0.15, -0.1) is 0 Å². The van der Waals surface area contributed by atoms with Crippen molar-refractivity contribution in [1.82, 2.24) is 4.98 Å². The molecular formula is C18H22N2O3. The third-order valence-electron chi connectivity index (χ3n) is 4.47. The Balaban J connectivity index is 1.85. The molecule has 0 saturated heterocycles. The van der Waals surface area contributed by atoms with Crippen molar-refractivity contribution < 1.29 is 9.53 Å². The van der Waals surface area contributed by atoms with Crippen molar-refractivity contribution in [3.8, 4) is 0 Å². The van der Waals surface area contributed by atoms with Crippen molar-refractivity contribution in [2.24, 2.45) is 5.92 Å². The number of benzene rings is 1. The van der Waals surface area contributed by atoms with Crippen LogP contribution in [0.3, 0.4) is 0 Å². The highest BCUT2D eigenvalue weighted by Crippen LogP contribution is 2.26. The fraction of sp³-hybridized carbons (Fsp3) is 0.444. The van der Waals surface area contributed by atoms with Crippen molar-refractivity contribution in [2.45, 2.75) is 38.7 Å². The van der Waals surface area contributed by atoms with E-state index in [0.717, 1.165) is 42.3 Å². The SMILES string of the molecule is COCc1cc(=O)[nH]c2cc(NC(=O)C3CCCCC3)ccc12. The zero-order chi connectivity index (χ0) is 16.2. The highest BCUT2D eigenvalue weighted by atomic mass is 16.5. The number of hydrogen-bond donors (Lipinski definition) is 2. The van der Waals surface area contributed by atoms with Gasteiger partial charge in [-0.3, -0.25) is 9.59 Å². The topological polar surface area (TPSA) is 71.2 Å². The second kappa shape index (κ2) is 6.96. The first-order valence-electron chi connectivity index (χ1n) is 8.13. The highest BCUT2D eigenvalue weighted by molar-refractivity contribution is 5.95. The molecule has 2 N–H and O–H groups in total. The number of carbonyl (C=O) groups excluding carboxylic acids is 1. The molecule has 0 bridgehead atoms. The van der Waals surface area contributed by atoms with E-state index in [2.05, 4.69) is 10.3 Å². The summed E-state index contributed by atoms with van der Waals surface area (Å²) in [5.41, 5.74) is 2.11. The number of aromatic amines is 1. The summed E-state index contributed by atoms with van der Waals surface area (Å²) in [4.78, 5) is 26.9. The van der Waals surface area contributed by atoms with E-state index in [9.17, 15) is 9.59 Å². The minimum atomic E-state index is -0.166. The van der Waals surface area contributed by atoms with Crippen LogP contribution in [0.2, 0.25) is 0 Å². The summed E-state index contributed by atoms with van der Waals surface area (Å²) in [5.74, 6) is 0.192. The number of methoxy groups -OCH3 is 1. The van der Waals surface area contributed by atoms with Crippen LogP contribution in [-0.4, -0.2) is 18.0 Å². The van der Waals surface area contributed by atoms with E-state index >= 15 is 0 Å². The molecule has 0 atom stereocenters. The van der Waals surface area contributed by atoms with E-state index in [-0.39, 0.29) is 17.4 Å². The van der Waals surface area contributed by atoms with Gasteiger partial charge in [-0.1, -0.05) is 25.3 Å². The van der Waals surface area contributed by atoms with Gasteiger partial charge in [-0.25, -0.2) is 0 Å². The minimum Gasteiger partial charge on any atom is -0.380 e. The predicted molar refractivity (Wildman–Crippen MR) is 90.5 cm³/mol. The number of nitrogens with one attached hydrogen (secondary N) is 2. The first kappa shape index (κ1) is 15.7. The van der Waals surface area contributed by atoms with Gasteiger partial charge in [0, 0.05) is 30.2 Å². The summed E-state index contributed by atoms with van der Waals surface area (Å²) in [5, 5.41) is 3.91. The number of ether oxygens (including phenoxy) is 1. The van der Waals surface area contributed by atoms with Crippen molar-refractivity contribution >= 4 is 22.5 Å². The Bertz CT molecular complexity index is 760. The molecule has 1 aromatic carbocycles. The normalized spacial score (nSPS) is 15.7. The fourth-order valence-electron chi connectivity index (χ4n) is 3.29. The molecule has 1 aliphatic carbocycles. The molecule has 0 spiro atoms. The Labute approximate surface area is 135 Å². The smallest absolute Gasteiger partial charge is 0.248 e. The minimum absolute atomic E-state index is 0.0828. The maximum atomic E-state index is 12.3. The molecule has 1 aromatic heterocycles. The first-order chi connectivity index (χ1) is 11.2. The summed E-state index contributed by atoms with van der Waals surface area (Å²) in [7, 11) is 1.60. The van der Waals surface area contributed by atoms with Crippen molar-refractivity contribution in [3.63, 3.8) is 0 Å². The second-order valence-electron chi connectivity index (χ2n) is 6.18. The van der Waals surface area contributed by atoms with Crippen LogP contribution in [-0.2, 0) is 16.1 Å². The van der Waals surface area contributed by atoms with Crippen LogP contribution in [0.5, 0.6) is 0 Å². The maximum Gasteiger partial charge on any atom is 0.248 e. The van der Waals surface area contributed by atoms with Crippen molar-refractivity contribution in [3.05, 3.63) is 40.2 Å². The van der Waals surface area contributed by atoms with Gasteiger partial charge in [0.2, 0.25) is 11.5 Å². The number of fused-ring (bicyclic) bond motifs is 1. The van der Waals surface area contributed by atoms with Gasteiger partial charge in [0.15, 0.2) is 0 Å². The largest absolute Gasteiger partial charge is 0.380 e. The van der Waals surface area contributed by atoms with E-state index in [1.165, 1.54) is 6.42 Å². The average molecular weight is 314 g/mol. The summed E-state index contributed by atoms with van der Waals surface area (Å²) >= 11 is 0. The Kier molecular flexibility index (Phi) is 4.76. The standard InChI is InChI=1S/C18H22N2O3/c1-23-11-13-9-17(21)20-16-10-14(7-8-15(13)16)19-18(22)12-5-3-2-4-6-12/h7-10,12H,2-6,11H2,1H3,(H,19,22)(H,20,21). The van der Waals surface area contributed by atoms with Crippen LogP contribution in [0.1, 0.15) is 37.7 Å². The molecule has 23 heavy (non-hydrogen) atoms. The van der Waals surface area contributed by atoms with Crippen molar-refractivity contribution in [2.75, 3.05) is 12.4 Å². The summed E-state index contributed by atoms with van der Waals surface area (Å²) in [6.45, 7) is 0.383. The van der Waals surface area contributed by atoms with Crippen LogP contribution in [0.4, 0.5) is 5.69 Å². The quantitative estimate of drug-likeness (QED) is 0.910. The van der Waals surface area contributed by atoms with E-state index in [4.69, 9.17) is 4.74 Å². The molecule has 0 aliphatic heterocycles. The number of aromatic nitrogens is 1. The van der Waals surface area contributed by atoms with Crippen LogP contribution < -0.4 is 10.9 Å². The van der Waals surface area contributed by atoms with Gasteiger partial charge in [-0.05, 0) is 30.5 Å². The number of anilines is 1. The highest BCUT2D eigenvalue weighted by Gasteiger charge is 2.21. The Morgan fingerprint density at radius 2 is 2.04 bits per heavy atom. The molecule has 0 radical (unpaired) electrons. The number of pyridine rings is 1. The maximum absolute atomic E-state index is 12.3. The third kappa shape index (κ3) is 3.62. The van der Waals surface area contributed by atoms with E-state index in [0.29, 0.717) is 12.1 Å². The molecule has 1 fully saturated rings. The van der Waals surface area contributed by atoms with E-state index < -0.39 is 0 Å². The van der Waals surface area contributed by atoms with Gasteiger partial charge in [0.25, 0.3) is 0 Å². The monoisotopic (exact) mass is 314 g/mol. The van der Waals surface area contributed by atoms with Gasteiger partial charge >= 0.3 is 0 Å². The lowest BCUT2D eigenvalue weighted by Gasteiger charge is -2.20. The third-order valence-corrected chi connectivity index (χ3v) is 4.47. The lowest BCUT2D eigenvalue weighted by molar-refractivity contribution is -0.120. The number of carbonyl (C=O) groups is 1. The molecule has 1 aliphatic rings. The second-order valence-corrected chi connectivity index (χ2v) is 6.18. The van der Waals surface area contributed by atoms with E-state index in [1.54, 1.807) is 13.2 Å². The predicted octanol–water partition coefficient (Wildman–Crippen LogP) is 3.19. The Morgan fingerprint density at radius 1 is 1.26 bits per heavy atom. The molecule has 1 amide bonds. The zero-order valence-corrected chi connectivity index (χ0v) is 13.4. The number of hydrogen-bond acceptors (Lipinski definition) is 3. The first-order valence-corrected chi connectivity index (χ1v) is 8.13. The molecule has 3 rings (SSSR count). The Morgan fingerprint density at radius 3 is 2.78 bits per heavy atom. The van der Waals surface area contributed by atoms with E-state index in [1.807, 2.05) is 18.2 Å². The molecule has 0 unspecified atom stereocenters. The number of amides is 1. The molecule has 1 heterocycles. The molecule has 5 heteroatoms. The average Bonchev–Trinajstić information content (AvgIpc) is 2.55. The van der Waals surface area contributed by atoms with Crippen molar-refractivity contribution in [1.29, 1.82) is 0 Å². The van der Waals surface area contributed by atoms with Gasteiger partial charge in [0.05, 0.1) is 12.1 Å². The van der Waals surface area contributed by atoms with Gasteiger partial charge in [0.1, 0.15) is 0 Å². The number of H-pyrrole nitrogens is 1. The molecular weight excluding hydrogens is 292 g/mol. The van der Waals surface area contributed by atoms with Crippen LogP contribution in [0, 0.1) is 5.92 Å². The van der Waals surface area contributed by atoms with Crippen LogP contribution in [0.25, 0.3) is 10.9 Å². The number of rotatable bonds is 4. The Hall–Kier alpha value is -2.14. The van der Waals surface area contributed by atoms with Gasteiger partial charge < -0.3 is 15.0 Å². The molecule has 5 nitrogen and oxygen atoms in total. The lowest BCUT2D eigenvalue weighted by Crippen LogP contribution is -2.24. The van der Waals surface area contributed by atoms with Gasteiger partial charge in [-0.2, -0.15) is 0 Å². The summed E-state index contributed by atoms with van der Waals surface area (Å²) in [6, 6.07) is 7.15. The molecule has 1 saturated carbocycles.